The molecule has 67 heavy (non-hydrogen) atoms. The highest BCUT2D eigenvalue weighted by Crippen LogP contribution is 2.67. The number of nitrogens with one attached hydrogen (secondary N) is 3. The summed E-state index contributed by atoms with van der Waals surface area (Å²) < 4.78 is 5.70. The standard InChI is InChI=1S/C35H59N3O3.C7H11NO.C6H10.C3H8.4C2H6/c1-8-29(38-22-27-31(32(38)24(4)39)35(27,7)10-3)33(34(6)20-16-13-17-21-34)37-25(5)36-28(23-41-30(40)9-2)26-18-14-11-12-15-19-26;1-4-5-8-7(9)6(2)3;1-3-5-6-4-2;1-3-2;4*1-2/h8,26-28,31-33,36-37H,5,9-23H2,1-4,6-7H3;4H,1-2,5H2,3H3,(H,8,9);1H,4-6H2,2H3;3H2,1-2H3;4*1-2H3/b29-8-;;;;;;;/t27-,28?,31-,32?,33?,35?;;;;;;;/m0......./s1. The summed E-state index contributed by atoms with van der Waals surface area (Å²) in [5.41, 5.74) is 2.14. The predicted molar refractivity (Wildman–Crippen MR) is 295 cm³/mol. The van der Waals surface area contributed by atoms with E-state index in [-0.39, 0.29) is 40.8 Å². The topological polar surface area (TPSA) is 99.8 Å². The lowest BCUT2D eigenvalue weighted by atomic mass is 9.69. The van der Waals surface area contributed by atoms with E-state index in [1.807, 2.05) is 62.3 Å². The van der Waals surface area contributed by atoms with Crippen LogP contribution in [0.5, 0.6) is 0 Å². The Labute approximate surface area is 417 Å². The number of Topliss-reactive ketones (excluding diaryl/α,β-unsaturated/α-hetero) is 1. The van der Waals surface area contributed by atoms with E-state index >= 15 is 0 Å². The molecule has 0 aromatic carbocycles. The third-order valence-corrected chi connectivity index (χ3v) is 13.1. The van der Waals surface area contributed by atoms with Crippen LogP contribution < -0.4 is 16.0 Å². The van der Waals surface area contributed by atoms with Crippen LogP contribution in [0.2, 0.25) is 0 Å². The highest BCUT2D eigenvalue weighted by atomic mass is 16.5. The number of carbonyl (C=O) groups is 3. The van der Waals surface area contributed by atoms with Crippen molar-refractivity contribution in [3.05, 3.63) is 49.0 Å². The first-order valence-corrected chi connectivity index (χ1v) is 27.4. The number of ether oxygens (including phenoxy) is 1. The summed E-state index contributed by atoms with van der Waals surface area (Å²) in [6, 6.07) is 0.0706. The molecule has 8 heteroatoms. The number of likely N-dealkylation sites (tertiary alicyclic amines) is 1. The van der Waals surface area contributed by atoms with Crippen molar-refractivity contribution in [2.45, 2.75) is 252 Å². The summed E-state index contributed by atoms with van der Waals surface area (Å²) in [4.78, 5) is 38.4. The number of unbranched alkanes of at least 4 members (excludes halogenated alkanes) is 2. The van der Waals surface area contributed by atoms with Crippen molar-refractivity contribution >= 4 is 17.7 Å². The molecule has 1 heterocycles. The highest BCUT2D eigenvalue weighted by Gasteiger charge is 2.69. The number of esters is 1. The number of amides is 1. The number of piperidine rings is 1. The molecule has 392 valence electrons. The molecule has 0 aromatic rings. The number of carbonyl (C=O) groups excluding carboxylic acids is 3. The van der Waals surface area contributed by atoms with Crippen molar-refractivity contribution in [1.29, 1.82) is 0 Å². The Balaban J connectivity index is -0.000000632. The van der Waals surface area contributed by atoms with Crippen molar-refractivity contribution in [3.8, 4) is 12.3 Å². The number of nitrogens with zero attached hydrogens (tertiary/aromatic N) is 1. The summed E-state index contributed by atoms with van der Waals surface area (Å²) in [6.45, 7) is 50.2. The lowest BCUT2D eigenvalue weighted by Gasteiger charge is -2.47. The van der Waals surface area contributed by atoms with E-state index in [9.17, 15) is 14.4 Å². The van der Waals surface area contributed by atoms with Gasteiger partial charge in [0.25, 0.3) is 0 Å². The van der Waals surface area contributed by atoms with Gasteiger partial charge >= 0.3 is 5.97 Å². The second-order valence-electron chi connectivity index (χ2n) is 18.0. The first-order chi connectivity index (χ1) is 32.1. The summed E-state index contributed by atoms with van der Waals surface area (Å²) in [5, 5.41) is 10.2. The number of fused-ring (bicyclic) bond motifs is 1. The molecule has 3 saturated carbocycles. The predicted octanol–water partition coefficient (Wildman–Crippen LogP) is 15.3. The molecule has 3 N–H and O–H groups in total. The Morgan fingerprint density at radius 3 is 1.78 bits per heavy atom. The molecular formula is C59H112N4O4. The number of hydrogen-bond donors (Lipinski definition) is 3. The van der Waals surface area contributed by atoms with Crippen molar-refractivity contribution in [1.82, 2.24) is 20.9 Å². The van der Waals surface area contributed by atoms with Crippen molar-refractivity contribution in [3.63, 3.8) is 0 Å². The van der Waals surface area contributed by atoms with Gasteiger partial charge in [-0.05, 0) is 81.5 Å². The molecule has 0 aromatic heterocycles. The van der Waals surface area contributed by atoms with E-state index < -0.39 is 0 Å². The normalized spacial score (nSPS) is 21.6. The summed E-state index contributed by atoms with van der Waals surface area (Å²) in [5.74, 6) is 4.92. The van der Waals surface area contributed by atoms with Crippen LogP contribution in [0.3, 0.4) is 0 Å². The summed E-state index contributed by atoms with van der Waals surface area (Å²) in [6.07, 6.45) is 28.4. The molecule has 0 bridgehead atoms. The number of rotatable bonds is 18. The van der Waals surface area contributed by atoms with Crippen molar-refractivity contribution < 1.29 is 19.1 Å². The average molecular weight is 942 g/mol. The van der Waals surface area contributed by atoms with Gasteiger partial charge in [0.05, 0.1) is 23.9 Å². The zero-order valence-corrected chi connectivity index (χ0v) is 47.5. The Kier molecular flexibility index (Phi) is 44.6. The average Bonchev–Trinajstić information content (AvgIpc) is 3.84. The quantitative estimate of drug-likeness (QED) is 0.0314. The van der Waals surface area contributed by atoms with Gasteiger partial charge in [0.1, 0.15) is 6.61 Å². The second kappa shape index (κ2) is 42.6. The fourth-order valence-electron chi connectivity index (χ4n) is 9.44. The third kappa shape index (κ3) is 25.6. The van der Waals surface area contributed by atoms with Crippen LogP contribution in [0.25, 0.3) is 0 Å². The molecule has 4 rings (SSSR count). The van der Waals surface area contributed by atoms with Gasteiger partial charge in [-0.2, -0.15) is 0 Å². The van der Waals surface area contributed by atoms with Gasteiger partial charge in [-0.25, -0.2) is 0 Å². The van der Waals surface area contributed by atoms with Crippen LogP contribution in [-0.4, -0.2) is 60.4 Å². The maximum Gasteiger partial charge on any atom is 0.305 e. The van der Waals surface area contributed by atoms with Gasteiger partial charge in [-0.15, -0.1) is 18.9 Å². The Hall–Kier alpha value is -3.47. The fourth-order valence-corrected chi connectivity index (χ4v) is 9.44. The first kappa shape index (κ1) is 70.1. The van der Waals surface area contributed by atoms with Crippen molar-refractivity contribution in [2.24, 2.45) is 28.6 Å². The molecule has 0 radical (unpaired) electrons. The van der Waals surface area contributed by atoms with E-state index in [2.05, 4.69) is 101 Å². The number of hydrogen-bond acceptors (Lipinski definition) is 7. The molecule has 4 aliphatic rings. The molecule has 0 spiro atoms. The fraction of sp³-hybridized carbons (Fsp3) is 0.780. The zero-order chi connectivity index (χ0) is 52.6. The van der Waals surface area contributed by atoms with Gasteiger partial charge in [-0.3, -0.25) is 14.4 Å². The maximum absolute atomic E-state index is 13.2. The zero-order valence-electron chi connectivity index (χ0n) is 47.5. The lowest BCUT2D eigenvalue weighted by molar-refractivity contribution is -0.144. The van der Waals surface area contributed by atoms with Crippen LogP contribution in [0, 0.1) is 40.9 Å². The smallest absolute Gasteiger partial charge is 0.305 e. The molecule has 4 fully saturated rings. The van der Waals surface area contributed by atoms with Crippen LogP contribution >= 0.6 is 0 Å². The Bertz CT molecular complexity index is 1380. The van der Waals surface area contributed by atoms with E-state index in [1.165, 1.54) is 69.9 Å². The van der Waals surface area contributed by atoms with Gasteiger partial charge < -0.3 is 25.6 Å². The molecule has 1 aliphatic heterocycles. The largest absolute Gasteiger partial charge is 0.463 e. The highest BCUT2D eigenvalue weighted by molar-refractivity contribution is 5.92. The van der Waals surface area contributed by atoms with E-state index in [4.69, 9.17) is 11.2 Å². The minimum Gasteiger partial charge on any atom is -0.463 e. The van der Waals surface area contributed by atoms with Crippen molar-refractivity contribution in [2.75, 3.05) is 19.7 Å². The molecule has 4 unspecified atom stereocenters. The second-order valence-corrected chi connectivity index (χ2v) is 18.0. The monoisotopic (exact) mass is 941 g/mol. The maximum atomic E-state index is 13.2. The minimum atomic E-state index is -0.144. The van der Waals surface area contributed by atoms with E-state index in [0.717, 1.165) is 50.9 Å². The Morgan fingerprint density at radius 2 is 1.37 bits per heavy atom. The molecule has 1 saturated heterocycles. The molecule has 3 aliphatic carbocycles. The molecule has 8 nitrogen and oxygen atoms in total. The first-order valence-electron chi connectivity index (χ1n) is 27.4. The van der Waals surface area contributed by atoms with Crippen LogP contribution in [0.1, 0.15) is 234 Å². The van der Waals surface area contributed by atoms with Gasteiger partial charge in [0.15, 0.2) is 5.78 Å². The number of allylic oxidation sites excluding steroid dienone is 1. The lowest BCUT2D eigenvalue weighted by Crippen LogP contribution is -2.55. The minimum absolute atomic E-state index is 0.0407. The van der Waals surface area contributed by atoms with Gasteiger partial charge in [0.2, 0.25) is 5.91 Å². The van der Waals surface area contributed by atoms with Crippen LogP contribution in [0.15, 0.2) is 49.0 Å². The van der Waals surface area contributed by atoms with E-state index in [0.29, 0.717) is 48.7 Å². The molecule has 1 amide bonds. The summed E-state index contributed by atoms with van der Waals surface area (Å²) >= 11 is 0. The van der Waals surface area contributed by atoms with E-state index in [1.54, 1.807) is 19.9 Å². The Morgan fingerprint density at radius 1 is 0.851 bits per heavy atom. The SMILES string of the molecule is C#CCCCC.C=C(NC(COC(=O)CC)C1CCCCCC1)NC(/C(=C/C)N1C[C@H]2[C@@H](C1C(C)=O)C2(C)CC)C1(C)CCCCC1.C=CCNC(=O)C(=C)C.CC.CC.CC.CC.CCC. The number of terminal acetylenes is 1. The van der Waals surface area contributed by atoms with Crippen LogP contribution in [-0.2, 0) is 19.1 Å². The number of ketones is 1. The van der Waals surface area contributed by atoms with Crippen LogP contribution in [0.4, 0.5) is 0 Å². The molecule has 6 atom stereocenters. The molecular weight excluding hydrogens is 829 g/mol. The van der Waals surface area contributed by atoms with Gasteiger partial charge in [0, 0.05) is 37.2 Å². The van der Waals surface area contributed by atoms with Gasteiger partial charge in [-0.1, -0.05) is 193 Å². The third-order valence-electron chi connectivity index (χ3n) is 13.1. The summed E-state index contributed by atoms with van der Waals surface area (Å²) in [7, 11) is 0.